The minimum Gasteiger partial charge on any atom is -0.477 e. The third-order valence-electron chi connectivity index (χ3n) is 2.79. The first-order chi connectivity index (χ1) is 7.65. The van der Waals surface area contributed by atoms with Gasteiger partial charge in [0.05, 0.1) is 5.52 Å². The van der Waals surface area contributed by atoms with E-state index in [1.54, 1.807) is 6.07 Å². The number of carboxylic acid groups (broad SMARTS) is 1. The predicted molar refractivity (Wildman–Crippen MR) is 63.9 cm³/mol. The molecular formula is C13H15NO2. The minimum absolute atomic E-state index is 0.381. The van der Waals surface area contributed by atoms with Crippen molar-refractivity contribution >= 4 is 16.9 Å². The van der Waals surface area contributed by atoms with E-state index in [0.717, 1.165) is 29.4 Å². The molecule has 0 atom stereocenters. The molecule has 0 bridgehead atoms. The van der Waals surface area contributed by atoms with Gasteiger partial charge >= 0.3 is 5.97 Å². The molecule has 16 heavy (non-hydrogen) atoms. The molecular weight excluding hydrogens is 202 g/mol. The van der Waals surface area contributed by atoms with Gasteiger partial charge in [0.2, 0.25) is 0 Å². The molecule has 2 rings (SSSR count). The Bertz CT molecular complexity index is 540. The zero-order valence-electron chi connectivity index (χ0n) is 9.53. The molecule has 0 saturated carbocycles. The standard InChI is InChI=1S/C13H15NO2/c1-3-7-14-11(13(15)16)8-10-6-4-5-9(2)12(10)14/h4-6,8H,3,7H2,1-2H3,(H,15,16). The van der Waals surface area contributed by atoms with Gasteiger partial charge in [0.15, 0.2) is 0 Å². The fraction of sp³-hybridized carbons (Fsp3) is 0.308. The highest BCUT2D eigenvalue weighted by atomic mass is 16.4. The number of carbonyl (C=O) groups is 1. The van der Waals surface area contributed by atoms with Gasteiger partial charge in [-0.05, 0) is 25.0 Å². The highest BCUT2D eigenvalue weighted by Crippen LogP contribution is 2.23. The molecule has 0 spiro atoms. The summed E-state index contributed by atoms with van der Waals surface area (Å²) >= 11 is 0. The molecule has 0 fully saturated rings. The Kier molecular flexibility index (Phi) is 2.69. The normalized spacial score (nSPS) is 10.9. The van der Waals surface area contributed by atoms with Gasteiger partial charge in [0.1, 0.15) is 5.69 Å². The van der Waals surface area contributed by atoms with Crippen LogP contribution in [-0.4, -0.2) is 15.6 Å². The van der Waals surface area contributed by atoms with E-state index in [4.69, 9.17) is 5.11 Å². The first kappa shape index (κ1) is 10.7. The van der Waals surface area contributed by atoms with Crippen LogP contribution in [0, 0.1) is 6.92 Å². The molecule has 3 heteroatoms. The van der Waals surface area contributed by atoms with Gasteiger partial charge in [0, 0.05) is 11.9 Å². The minimum atomic E-state index is -0.857. The van der Waals surface area contributed by atoms with Crippen LogP contribution in [0.3, 0.4) is 0 Å². The van der Waals surface area contributed by atoms with Gasteiger partial charge in [-0.1, -0.05) is 25.1 Å². The maximum atomic E-state index is 11.2. The molecule has 0 unspecified atom stereocenters. The fourth-order valence-corrected chi connectivity index (χ4v) is 2.15. The number of benzene rings is 1. The molecule has 1 N–H and O–H groups in total. The quantitative estimate of drug-likeness (QED) is 0.858. The number of fused-ring (bicyclic) bond motifs is 1. The third kappa shape index (κ3) is 1.58. The Balaban J connectivity index is 2.77. The highest BCUT2D eigenvalue weighted by Gasteiger charge is 2.14. The number of carboxylic acids is 1. The molecule has 1 aromatic carbocycles. The lowest BCUT2D eigenvalue weighted by molar-refractivity contribution is 0.0685. The average molecular weight is 217 g/mol. The molecule has 0 aliphatic heterocycles. The lowest BCUT2D eigenvalue weighted by Crippen LogP contribution is -2.08. The maximum absolute atomic E-state index is 11.2. The van der Waals surface area contributed by atoms with Crippen LogP contribution in [-0.2, 0) is 6.54 Å². The van der Waals surface area contributed by atoms with Crippen LogP contribution in [0.4, 0.5) is 0 Å². The first-order valence-corrected chi connectivity index (χ1v) is 5.47. The van der Waals surface area contributed by atoms with Crippen molar-refractivity contribution in [2.75, 3.05) is 0 Å². The lowest BCUT2D eigenvalue weighted by Gasteiger charge is -2.08. The van der Waals surface area contributed by atoms with Gasteiger partial charge < -0.3 is 9.67 Å². The number of hydrogen-bond donors (Lipinski definition) is 1. The smallest absolute Gasteiger partial charge is 0.352 e. The van der Waals surface area contributed by atoms with E-state index in [-0.39, 0.29) is 0 Å². The summed E-state index contributed by atoms with van der Waals surface area (Å²) in [5.74, 6) is -0.857. The van der Waals surface area contributed by atoms with Crippen molar-refractivity contribution in [3.05, 3.63) is 35.5 Å². The number of aromatic nitrogens is 1. The summed E-state index contributed by atoms with van der Waals surface area (Å²) in [6.45, 7) is 4.81. The molecule has 0 amide bonds. The number of rotatable bonds is 3. The first-order valence-electron chi connectivity index (χ1n) is 5.47. The van der Waals surface area contributed by atoms with Gasteiger partial charge in [-0.25, -0.2) is 4.79 Å². The van der Waals surface area contributed by atoms with E-state index in [1.807, 2.05) is 29.7 Å². The van der Waals surface area contributed by atoms with E-state index in [2.05, 4.69) is 6.92 Å². The molecule has 1 aromatic heterocycles. The van der Waals surface area contributed by atoms with E-state index < -0.39 is 5.97 Å². The third-order valence-corrected chi connectivity index (χ3v) is 2.79. The average Bonchev–Trinajstić information content (AvgIpc) is 2.59. The van der Waals surface area contributed by atoms with Gasteiger partial charge in [-0.3, -0.25) is 0 Å². The second kappa shape index (κ2) is 4.00. The van der Waals surface area contributed by atoms with E-state index in [9.17, 15) is 4.79 Å². The Morgan fingerprint density at radius 1 is 1.44 bits per heavy atom. The summed E-state index contributed by atoms with van der Waals surface area (Å²) in [6.07, 6.45) is 0.929. The van der Waals surface area contributed by atoms with E-state index in [0.29, 0.717) is 5.69 Å². The number of nitrogens with zero attached hydrogens (tertiary/aromatic N) is 1. The maximum Gasteiger partial charge on any atom is 0.352 e. The van der Waals surface area contributed by atoms with Gasteiger partial charge in [-0.2, -0.15) is 0 Å². The topological polar surface area (TPSA) is 42.2 Å². The van der Waals surface area contributed by atoms with Crippen molar-refractivity contribution in [3.8, 4) is 0 Å². The Hall–Kier alpha value is -1.77. The fourth-order valence-electron chi connectivity index (χ4n) is 2.15. The molecule has 0 radical (unpaired) electrons. The molecule has 0 saturated heterocycles. The number of hydrogen-bond acceptors (Lipinski definition) is 1. The van der Waals surface area contributed by atoms with Crippen LogP contribution < -0.4 is 0 Å². The summed E-state index contributed by atoms with van der Waals surface area (Å²) in [5, 5.41) is 10.2. The summed E-state index contributed by atoms with van der Waals surface area (Å²) in [6, 6.07) is 7.68. The van der Waals surface area contributed by atoms with Gasteiger partial charge in [0.25, 0.3) is 0 Å². The Morgan fingerprint density at radius 3 is 2.81 bits per heavy atom. The zero-order chi connectivity index (χ0) is 11.7. The molecule has 3 nitrogen and oxygen atoms in total. The van der Waals surface area contributed by atoms with E-state index in [1.165, 1.54) is 0 Å². The van der Waals surface area contributed by atoms with Crippen molar-refractivity contribution in [2.45, 2.75) is 26.8 Å². The number of para-hydroxylation sites is 1. The van der Waals surface area contributed by atoms with Crippen molar-refractivity contribution < 1.29 is 9.90 Å². The van der Waals surface area contributed by atoms with Crippen molar-refractivity contribution in [1.29, 1.82) is 0 Å². The zero-order valence-corrected chi connectivity index (χ0v) is 9.53. The predicted octanol–water partition coefficient (Wildman–Crippen LogP) is 3.06. The van der Waals surface area contributed by atoms with Crippen LogP contribution in [0.1, 0.15) is 29.4 Å². The van der Waals surface area contributed by atoms with Crippen molar-refractivity contribution in [2.24, 2.45) is 0 Å². The SMILES string of the molecule is CCCn1c(C(=O)O)cc2cccc(C)c21. The second-order valence-electron chi connectivity index (χ2n) is 4.00. The van der Waals surface area contributed by atoms with Gasteiger partial charge in [-0.15, -0.1) is 0 Å². The van der Waals surface area contributed by atoms with Crippen LogP contribution in [0.2, 0.25) is 0 Å². The molecule has 0 aliphatic rings. The Labute approximate surface area is 94.3 Å². The van der Waals surface area contributed by atoms with Crippen LogP contribution in [0.25, 0.3) is 10.9 Å². The molecule has 1 heterocycles. The Morgan fingerprint density at radius 2 is 2.19 bits per heavy atom. The summed E-state index contributed by atoms with van der Waals surface area (Å²) in [5.41, 5.74) is 2.55. The summed E-state index contributed by atoms with van der Waals surface area (Å²) in [4.78, 5) is 11.2. The molecule has 84 valence electrons. The summed E-state index contributed by atoms with van der Waals surface area (Å²) < 4.78 is 1.90. The number of aryl methyl sites for hydroxylation is 2. The molecule has 0 aliphatic carbocycles. The summed E-state index contributed by atoms with van der Waals surface area (Å²) in [7, 11) is 0. The largest absolute Gasteiger partial charge is 0.477 e. The molecule has 2 aromatic rings. The monoisotopic (exact) mass is 217 g/mol. The van der Waals surface area contributed by atoms with E-state index >= 15 is 0 Å². The van der Waals surface area contributed by atoms with Crippen LogP contribution >= 0.6 is 0 Å². The number of aromatic carboxylic acids is 1. The highest BCUT2D eigenvalue weighted by molar-refractivity contribution is 5.95. The van der Waals surface area contributed by atoms with Crippen LogP contribution in [0.15, 0.2) is 24.3 Å². The van der Waals surface area contributed by atoms with Crippen molar-refractivity contribution in [3.63, 3.8) is 0 Å². The second-order valence-corrected chi connectivity index (χ2v) is 4.00. The lowest BCUT2D eigenvalue weighted by atomic mass is 10.2. The van der Waals surface area contributed by atoms with Crippen molar-refractivity contribution in [1.82, 2.24) is 4.57 Å². The van der Waals surface area contributed by atoms with Crippen LogP contribution in [0.5, 0.6) is 0 Å².